The van der Waals surface area contributed by atoms with E-state index in [1.54, 1.807) is 6.07 Å². The summed E-state index contributed by atoms with van der Waals surface area (Å²) in [7, 11) is 1.40. The molecule has 1 amide bonds. The van der Waals surface area contributed by atoms with Gasteiger partial charge in [-0.3, -0.25) is 4.79 Å². The molecule has 0 unspecified atom stereocenters. The van der Waals surface area contributed by atoms with Crippen LogP contribution >= 0.6 is 0 Å². The van der Waals surface area contributed by atoms with Gasteiger partial charge >= 0.3 is 5.97 Å². The van der Waals surface area contributed by atoms with Crippen LogP contribution in [0.25, 0.3) is 0 Å². The van der Waals surface area contributed by atoms with Gasteiger partial charge in [0.05, 0.1) is 12.7 Å². The maximum absolute atomic E-state index is 12.7. The van der Waals surface area contributed by atoms with Crippen LogP contribution in [0.2, 0.25) is 0 Å². The number of amides is 1. The summed E-state index contributed by atoms with van der Waals surface area (Å²) in [5.41, 5.74) is 2.45. The number of fused-ring (bicyclic) bond motifs is 1. The highest BCUT2D eigenvalue weighted by Crippen LogP contribution is 2.33. The van der Waals surface area contributed by atoms with Crippen molar-refractivity contribution in [3.8, 4) is 0 Å². The Balaban J connectivity index is 1.84. The lowest BCUT2D eigenvalue weighted by Crippen LogP contribution is -2.36. The standard InChI is InChI=1S/C18H23NO3/c1-22-18(21)15-8-4-10-16-14(15)9-5-11-19(16)17(20)12-13-6-2-3-7-13/h4,8,10,13H,2-3,5-7,9,11-12H2,1H3. The van der Waals surface area contributed by atoms with Crippen molar-refractivity contribution in [2.24, 2.45) is 5.92 Å². The third-order valence-corrected chi connectivity index (χ3v) is 4.89. The molecule has 0 atom stereocenters. The van der Waals surface area contributed by atoms with Gasteiger partial charge in [0.25, 0.3) is 0 Å². The molecule has 2 aliphatic rings. The predicted octanol–water partition coefficient (Wildman–Crippen LogP) is 3.33. The summed E-state index contributed by atoms with van der Waals surface area (Å²) in [6.45, 7) is 0.753. The van der Waals surface area contributed by atoms with Gasteiger partial charge in [-0.15, -0.1) is 0 Å². The molecule has 3 rings (SSSR count). The van der Waals surface area contributed by atoms with E-state index in [1.165, 1.54) is 32.8 Å². The monoisotopic (exact) mass is 301 g/mol. The number of methoxy groups -OCH3 is 1. The normalized spacial score (nSPS) is 18.1. The van der Waals surface area contributed by atoms with Gasteiger partial charge in [0.1, 0.15) is 0 Å². The van der Waals surface area contributed by atoms with Crippen molar-refractivity contribution in [3.05, 3.63) is 29.3 Å². The Kier molecular flexibility index (Phi) is 4.46. The Labute approximate surface area is 131 Å². The molecule has 0 spiro atoms. The second kappa shape index (κ2) is 6.51. The fraction of sp³-hybridized carbons (Fsp3) is 0.556. The molecular formula is C18H23NO3. The Morgan fingerprint density at radius 3 is 2.73 bits per heavy atom. The zero-order valence-corrected chi connectivity index (χ0v) is 13.1. The Hall–Kier alpha value is -1.84. The molecule has 1 aliphatic heterocycles. The van der Waals surface area contributed by atoms with E-state index in [0.29, 0.717) is 17.9 Å². The molecular weight excluding hydrogens is 278 g/mol. The minimum Gasteiger partial charge on any atom is -0.465 e. The van der Waals surface area contributed by atoms with E-state index in [0.717, 1.165) is 30.6 Å². The summed E-state index contributed by atoms with van der Waals surface area (Å²) < 4.78 is 4.86. The van der Waals surface area contributed by atoms with Crippen LogP contribution in [0, 0.1) is 5.92 Å². The quantitative estimate of drug-likeness (QED) is 0.805. The first-order valence-electron chi connectivity index (χ1n) is 8.21. The Bertz CT molecular complexity index is 576. The number of hydrogen-bond donors (Lipinski definition) is 0. The average Bonchev–Trinajstić information content (AvgIpc) is 3.05. The van der Waals surface area contributed by atoms with Crippen molar-refractivity contribution in [2.45, 2.75) is 44.9 Å². The number of esters is 1. The molecule has 4 nitrogen and oxygen atoms in total. The molecule has 1 saturated carbocycles. The van der Waals surface area contributed by atoms with Gasteiger partial charge in [-0.05, 0) is 49.3 Å². The first kappa shape index (κ1) is 15.1. The number of carbonyl (C=O) groups excluding carboxylic acids is 2. The van der Waals surface area contributed by atoms with Crippen LogP contribution in [0.1, 0.15) is 54.4 Å². The van der Waals surface area contributed by atoms with Crippen LogP contribution in [-0.2, 0) is 16.0 Å². The fourth-order valence-corrected chi connectivity index (χ4v) is 3.76. The Morgan fingerprint density at radius 1 is 1.23 bits per heavy atom. The molecule has 1 aromatic rings. The summed E-state index contributed by atoms with van der Waals surface area (Å²) in [5, 5.41) is 0. The largest absolute Gasteiger partial charge is 0.465 e. The van der Waals surface area contributed by atoms with Crippen molar-refractivity contribution < 1.29 is 14.3 Å². The lowest BCUT2D eigenvalue weighted by atomic mass is 9.95. The van der Waals surface area contributed by atoms with E-state index in [2.05, 4.69) is 0 Å². The van der Waals surface area contributed by atoms with Crippen LogP contribution in [0.15, 0.2) is 18.2 Å². The number of benzene rings is 1. The molecule has 22 heavy (non-hydrogen) atoms. The molecule has 0 N–H and O–H groups in total. The van der Waals surface area contributed by atoms with E-state index in [4.69, 9.17) is 4.74 Å². The molecule has 118 valence electrons. The molecule has 1 fully saturated rings. The summed E-state index contributed by atoms with van der Waals surface area (Å²) in [6.07, 6.45) is 7.22. The maximum atomic E-state index is 12.7. The number of ether oxygens (including phenoxy) is 1. The van der Waals surface area contributed by atoms with Gasteiger partial charge in [-0.2, -0.15) is 0 Å². The number of nitrogens with zero attached hydrogens (tertiary/aromatic N) is 1. The minimum absolute atomic E-state index is 0.204. The average molecular weight is 301 g/mol. The van der Waals surface area contributed by atoms with Crippen molar-refractivity contribution >= 4 is 17.6 Å². The van der Waals surface area contributed by atoms with Crippen molar-refractivity contribution in [2.75, 3.05) is 18.6 Å². The van der Waals surface area contributed by atoms with Crippen LogP contribution in [0.5, 0.6) is 0 Å². The van der Waals surface area contributed by atoms with Gasteiger partial charge in [0.2, 0.25) is 5.91 Å². The van der Waals surface area contributed by atoms with E-state index >= 15 is 0 Å². The number of hydrogen-bond acceptors (Lipinski definition) is 3. The van der Waals surface area contributed by atoms with E-state index in [-0.39, 0.29) is 11.9 Å². The van der Waals surface area contributed by atoms with Gasteiger partial charge < -0.3 is 9.64 Å². The predicted molar refractivity (Wildman–Crippen MR) is 85.0 cm³/mol. The first-order chi connectivity index (χ1) is 10.7. The topological polar surface area (TPSA) is 46.6 Å². The maximum Gasteiger partial charge on any atom is 0.338 e. The van der Waals surface area contributed by atoms with Crippen LogP contribution in [0.4, 0.5) is 5.69 Å². The summed E-state index contributed by atoms with van der Waals surface area (Å²) in [6, 6.07) is 5.58. The lowest BCUT2D eigenvalue weighted by molar-refractivity contribution is -0.119. The van der Waals surface area contributed by atoms with Gasteiger partial charge in [0, 0.05) is 18.7 Å². The third-order valence-electron chi connectivity index (χ3n) is 4.89. The summed E-state index contributed by atoms with van der Waals surface area (Å²) in [4.78, 5) is 26.5. The zero-order chi connectivity index (χ0) is 15.5. The molecule has 0 bridgehead atoms. The molecule has 1 aromatic carbocycles. The van der Waals surface area contributed by atoms with Gasteiger partial charge in [-0.1, -0.05) is 18.9 Å². The van der Waals surface area contributed by atoms with Crippen LogP contribution in [0.3, 0.4) is 0 Å². The molecule has 0 aromatic heterocycles. The fourth-order valence-electron chi connectivity index (χ4n) is 3.76. The van der Waals surface area contributed by atoms with Crippen LogP contribution in [-0.4, -0.2) is 25.5 Å². The second-order valence-corrected chi connectivity index (χ2v) is 6.30. The summed E-state index contributed by atoms with van der Waals surface area (Å²) in [5.74, 6) is 0.429. The number of rotatable bonds is 3. The molecule has 0 radical (unpaired) electrons. The smallest absolute Gasteiger partial charge is 0.338 e. The molecule has 0 saturated heterocycles. The SMILES string of the molecule is COC(=O)c1cccc2c1CCCN2C(=O)CC1CCCC1. The number of carbonyl (C=O) groups is 2. The van der Waals surface area contributed by atoms with Crippen molar-refractivity contribution in [1.82, 2.24) is 0 Å². The van der Waals surface area contributed by atoms with Gasteiger partial charge in [0.15, 0.2) is 0 Å². The highest BCUT2D eigenvalue weighted by atomic mass is 16.5. The zero-order valence-electron chi connectivity index (χ0n) is 13.1. The van der Waals surface area contributed by atoms with Crippen molar-refractivity contribution in [3.63, 3.8) is 0 Å². The minimum atomic E-state index is -0.318. The first-order valence-corrected chi connectivity index (χ1v) is 8.21. The van der Waals surface area contributed by atoms with E-state index in [9.17, 15) is 9.59 Å². The molecule has 1 aliphatic carbocycles. The van der Waals surface area contributed by atoms with Gasteiger partial charge in [-0.25, -0.2) is 4.79 Å². The molecule has 4 heteroatoms. The highest BCUT2D eigenvalue weighted by molar-refractivity contribution is 5.98. The summed E-state index contributed by atoms with van der Waals surface area (Å²) >= 11 is 0. The van der Waals surface area contributed by atoms with E-state index in [1.807, 2.05) is 17.0 Å². The second-order valence-electron chi connectivity index (χ2n) is 6.30. The third kappa shape index (κ3) is 2.87. The lowest BCUT2D eigenvalue weighted by Gasteiger charge is -2.31. The van der Waals surface area contributed by atoms with E-state index < -0.39 is 0 Å². The molecule has 1 heterocycles. The highest BCUT2D eigenvalue weighted by Gasteiger charge is 2.28. The van der Waals surface area contributed by atoms with Crippen LogP contribution < -0.4 is 4.90 Å². The van der Waals surface area contributed by atoms with Crippen molar-refractivity contribution in [1.29, 1.82) is 0 Å². The number of anilines is 1. The Morgan fingerprint density at radius 2 is 2.00 bits per heavy atom.